The second-order valence-electron chi connectivity index (χ2n) is 4.50. The van der Waals surface area contributed by atoms with E-state index in [0.29, 0.717) is 12.6 Å². The summed E-state index contributed by atoms with van der Waals surface area (Å²) in [6.45, 7) is 0.714. The van der Waals surface area contributed by atoms with E-state index in [1.54, 1.807) is 0 Å². The van der Waals surface area contributed by atoms with Crippen LogP contribution in [0.25, 0.3) is 0 Å². The summed E-state index contributed by atoms with van der Waals surface area (Å²) in [6, 6.07) is 0.660. The van der Waals surface area contributed by atoms with Crippen LogP contribution in [-0.4, -0.2) is 27.6 Å². The third-order valence-electron chi connectivity index (χ3n) is 3.52. The van der Waals surface area contributed by atoms with E-state index in [-0.39, 0.29) is 0 Å². The smallest absolute Gasteiger partial charge is 0.0950 e. The molecule has 0 aliphatic heterocycles. The summed E-state index contributed by atoms with van der Waals surface area (Å²) in [4.78, 5) is 4.26. The largest absolute Gasteiger partial charge is 0.332 e. The number of hydrogen-bond acceptors (Lipinski definition) is 3. The van der Waals surface area contributed by atoms with Crippen molar-refractivity contribution in [2.24, 2.45) is 5.73 Å². The normalized spacial score (nSPS) is 25.9. The lowest BCUT2D eigenvalue weighted by atomic mass is 9.94. The Morgan fingerprint density at radius 2 is 2.19 bits per heavy atom. The molecule has 3 nitrogen and oxygen atoms in total. The average Bonchev–Trinajstić information content (AvgIpc) is 2.78. The molecule has 0 radical (unpaired) electrons. The number of thioether (sulfide) groups is 1. The van der Waals surface area contributed by atoms with E-state index in [0.717, 1.165) is 11.7 Å². The minimum absolute atomic E-state index is 0.660. The molecule has 0 amide bonds. The average molecular weight is 239 g/mol. The van der Waals surface area contributed by atoms with Gasteiger partial charge in [0.05, 0.1) is 6.33 Å². The van der Waals surface area contributed by atoms with Gasteiger partial charge in [0, 0.05) is 29.6 Å². The number of aromatic nitrogens is 2. The molecule has 1 saturated carbocycles. The van der Waals surface area contributed by atoms with Gasteiger partial charge < -0.3 is 10.3 Å². The second kappa shape index (κ2) is 5.73. The third-order valence-corrected chi connectivity index (χ3v) is 4.66. The van der Waals surface area contributed by atoms with Crippen molar-refractivity contribution in [1.29, 1.82) is 0 Å². The maximum absolute atomic E-state index is 5.62. The summed E-state index contributed by atoms with van der Waals surface area (Å²) in [7, 11) is 0. The van der Waals surface area contributed by atoms with Crippen LogP contribution in [0.15, 0.2) is 12.5 Å². The van der Waals surface area contributed by atoms with Gasteiger partial charge in [-0.1, -0.05) is 0 Å². The fourth-order valence-electron chi connectivity index (χ4n) is 2.56. The van der Waals surface area contributed by atoms with Gasteiger partial charge in [0.15, 0.2) is 0 Å². The zero-order valence-electron chi connectivity index (χ0n) is 9.93. The highest BCUT2D eigenvalue weighted by molar-refractivity contribution is 7.99. The molecule has 0 spiro atoms. The van der Waals surface area contributed by atoms with Crippen LogP contribution in [0.1, 0.15) is 37.4 Å². The van der Waals surface area contributed by atoms with Crippen molar-refractivity contribution in [3.05, 3.63) is 18.2 Å². The molecule has 1 heterocycles. The molecule has 1 fully saturated rings. The van der Waals surface area contributed by atoms with E-state index >= 15 is 0 Å². The van der Waals surface area contributed by atoms with Crippen molar-refractivity contribution in [3.8, 4) is 0 Å². The van der Waals surface area contributed by atoms with Gasteiger partial charge in [-0.25, -0.2) is 4.98 Å². The van der Waals surface area contributed by atoms with Gasteiger partial charge in [0.1, 0.15) is 0 Å². The van der Waals surface area contributed by atoms with Crippen LogP contribution in [0.2, 0.25) is 0 Å². The molecule has 90 valence electrons. The number of nitrogens with two attached hydrogens (primary N) is 1. The lowest BCUT2D eigenvalue weighted by Crippen LogP contribution is -2.21. The fourth-order valence-corrected chi connectivity index (χ4v) is 3.31. The van der Waals surface area contributed by atoms with Gasteiger partial charge in [-0.15, -0.1) is 0 Å². The molecule has 0 aromatic carbocycles. The lowest BCUT2D eigenvalue weighted by molar-refractivity contribution is 0.353. The van der Waals surface area contributed by atoms with E-state index in [1.807, 2.05) is 24.3 Å². The molecule has 1 aromatic rings. The molecule has 0 unspecified atom stereocenters. The van der Waals surface area contributed by atoms with E-state index in [4.69, 9.17) is 5.73 Å². The van der Waals surface area contributed by atoms with Crippen molar-refractivity contribution in [3.63, 3.8) is 0 Å². The number of hydrogen-bond donors (Lipinski definition) is 1. The van der Waals surface area contributed by atoms with Crippen molar-refractivity contribution in [2.45, 2.75) is 43.4 Å². The van der Waals surface area contributed by atoms with Gasteiger partial charge in [-0.05, 0) is 38.5 Å². The first-order valence-electron chi connectivity index (χ1n) is 6.08. The minimum atomic E-state index is 0.660. The molecule has 4 heteroatoms. The highest BCUT2D eigenvalue weighted by atomic mass is 32.2. The number of rotatable bonds is 4. The maximum atomic E-state index is 5.62. The van der Waals surface area contributed by atoms with Crippen molar-refractivity contribution < 1.29 is 0 Å². The fraction of sp³-hybridized carbons (Fsp3) is 0.750. The summed E-state index contributed by atoms with van der Waals surface area (Å²) in [6.07, 6.45) is 12.4. The van der Waals surface area contributed by atoms with Crippen LogP contribution in [0, 0.1) is 0 Å². The second-order valence-corrected chi connectivity index (χ2v) is 5.64. The Morgan fingerprint density at radius 1 is 1.44 bits per heavy atom. The van der Waals surface area contributed by atoms with Crippen LogP contribution in [0.4, 0.5) is 0 Å². The summed E-state index contributed by atoms with van der Waals surface area (Å²) in [5.41, 5.74) is 6.92. The SMILES string of the molecule is CSC1CCC(n2cncc2CCN)CC1. The van der Waals surface area contributed by atoms with Crippen molar-refractivity contribution in [1.82, 2.24) is 9.55 Å². The molecular formula is C12H21N3S. The van der Waals surface area contributed by atoms with Crippen LogP contribution in [-0.2, 0) is 6.42 Å². The molecule has 1 aliphatic rings. The highest BCUT2D eigenvalue weighted by Crippen LogP contribution is 2.34. The topological polar surface area (TPSA) is 43.8 Å². The first kappa shape index (κ1) is 12.0. The third kappa shape index (κ3) is 2.61. The molecule has 0 bridgehead atoms. The Bertz CT molecular complexity index is 316. The molecule has 0 atom stereocenters. The monoisotopic (exact) mass is 239 g/mol. The van der Waals surface area contributed by atoms with Crippen LogP contribution < -0.4 is 5.73 Å². The maximum Gasteiger partial charge on any atom is 0.0950 e. The molecular weight excluding hydrogens is 218 g/mol. The van der Waals surface area contributed by atoms with Crippen LogP contribution in [0.5, 0.6) is 0 Å². The van der Waals surface area contributed by atoms with Gasteiger partial charge >= 0.3 is 0 Å². The first-order valence-corrected chi connectivity index (χ1v) is 7.37. The predicted octanol–water partition coefficient (Wildman–Crippen LogP) is 2.23. The summed E-state index contributed by atoms with van der Waals surface area (Å²) < 4.78 is 2.35. The Balaban J connectivity index is 1.99. The van der Waals surface area contributed by atoms with Gasteiger partial charge in [0.25, 0.3) is 0 Å². The van der Waals surface area contributed by atoms with E-state index in [9.17, 15) is 0 Å². The van der Waals surface area contributed by atoms with Gasteiger partial charge in [-0.3, -0.25) is 0 Å². The first-order chi connectivity index (χ1) is 7.85. The van der Waals surface area contributed by atoms with Gasteiger partial charge in [-0.2, -0.15) is 11.8 Å². The molecule has 1 aromatic heterocycles. The molecule has 16 heavy (non-hydrogen) atoms. The number of nitrogens with zero attached hydrogens (tertiary/aromatic N) is 2. The summed E-state index contributed by atoms with van der Waals surface area (Å²) in [5.74, 6) is 0. The zero-order valence-corrected chi connectivity index (χ0v) is 10.7. The quantitative estimate of drug-likeness (QED) is 0.876. The minimum Gasteiger partial charge on any atom is -0.332 e. The standard InChI is InChI=1S/C12H21N3S/c1-16-12-4-2-10(3-5-12)15-9-14-8-11(15)6-7-13/h8-10,12H,2-7,13H2,1H3. The molecule has 0 saturated heterocycles. The summed E-state index contributed by atoms with van der Waals surface area (Å²) in [5, 5.41) is 0.873. The Morgan fingerprint density at radius 3 is 2.81 bits per heavy atom. The Hall–Kier alpha value is -0.480. The molecule has 1 aliphatic carbocycles. The molecule has 2 N–H and O–H groups in total. The van der Waals surface area contributed by atoms with Crippen molar-refractivity contribution >= 4 is 11.8 Å². The highest BCUT2D eigenvalue weighted by Gasteiger charge is 2.22. The lowest BCUT2D eigenvalue weighted by Gasteiger charge is -2.29. The summed E-state index contributed by atoms with van der Waals surface area (Å²) >= 11 is 2.01. The Labute approximate surface area is 102 Å². The van der Waals surface area contributed by atoms with Gasteiger partial charge in [0.2, 0.25) is 0 Å². The zero-order chi connectivity index (χ0) is 11.4. The van der Waals surface area contributed by atoms with E-state index in [1.165, 1.54) is 31.4 Å². The predicted molar refractivity (Wildman–Crippen MR) is 69.8 cm³/mol. The van der Waals surface area contributed by atoms with Crippen LogP contribution in [0.3, 0.4) is 0 Å². The number of imidazole rings is 1. The van der Waals surface area contributed by atoms with E-state index in [2.05, 4.69) is 15.8 Å². The molecule has 2 rings (SSSR count). The van der Waals surface area contributed by atoms with E-state index < -0.39 is 0 Å². The van der Waals surface area contributed by atoms with Crippen molar-refractivity contribution in [2.75, 3.05) is 12.8 Å². The van der Waals surface area contributed by atoms with Crippen LogP contribution >= 0.6 is 11.8 Å². The Kier molecular flexibility index (Phi) is 4.29.